The van der Waals surface area contributed by atoms with E-state index in [1.165, 1.54) is 20.9 Å². The number of nitrogens with two attached hydrogens (primary N) is 1. The van der Waals surface area contributed by atoms with E-state index >= 15 is 0 Å². The number of nitrogens with zero attached hydrogens (tertiary/aromatic N) is 4. The third-order valence-electron chi connectivity index (χ3n) is 3.93. The maximum atomic E-state index is 11.9. The second kappa shape index (κ2) is 7.57. The number of amides is 2. The number of likely N-dealkylation sites (N-methyl/N-ethyl adjacent to an activating group) is 1. The molecular weight excluding hydrogens is 366 g/mol. The Morgan fingerprint density at radius 2 is 2.22 bits per heavy atom. The lowest BCUT2D eigenvalue weighted by molar-refractivity contribution is -0.135. The first-order chi connectivity index (χ1) is 12.9. The van der Waals surface area contributed by atoms with Gasteiger partial charge < -0.3 is 15.7 Å². The van der Waals surface area contributed by atoms with Crippen molar-refractivity contribution in [2.45, 2.75) is 13.0 Å². The second-order valence-electron chi connectivity index (χ2n) is 5.70. The molecule has 3 aromatic rings. The average molecular weight is 383 g/mol. The van der Waals surface area contributed by atoms with Crippen LogP contribution in [0.15, 0.2) is 29.8 Å². The van der Waals surface area contributed by atoms with E-state index in [2.05, 4.69) is 21.9 Å². The number of aliphatic hydroxyl groups excluding tert-OH is 1. The van der Waals surface area contributed by atoms with E-state index in [9.17, 15) is 14.7 Å². The van der Waals surface area contributed by atoms with E-state index in [4.69, 9.17) is 5.73 Å². The Bertz CT molecular complexity index is 1080. The summed E-state index contributed by atoms with van der Waals surface area (Å²) in [4.78, 5) is 29.1. The fourth-order valence-electron chi connectivity index (χ4n) is 2.38. The van der Waals surface area contributed by atoms with Gasteiger partial charge in [0.15, 0.2) is 17.4 Å². The highest BCUT2D eigenvalue weighted by Crippen LogP contribution is 2.24. The van der Waals surface area contributed by atoms with Crippen molar-refractivity contribution in [3.63, 3.8) is 0 Å². The Morgan fingerprint density at radius 3 is 2.93 bits per heavy atom. The summed E-state index contributed by atoms with van der Waals surface area (Å²) in [5.74, 6) is 4.25. The summed E-state index contributed by atoms with van der Waals surface area (Å²) in [6, 6.07) is 7.02. The number of hydrogen-bond donors (Lipinski definition) is 2. The van der Waals surface area contributed by atoms with Crippen LogP contribution < -0.4 is 5.73 Å². The van der Waals surface area contributed by atoms with Gasteiger partial charge in [0.1, 0.15) is 4.70 Å². The van der Waals surface area contributed by atoms with Gasteiger partial charge in [-0.2, -0.15) is 5.10 Å². The van der Waals surface area contributed by atoms with Crippen molar-refractivity contribution in [2.24, 2.45) is 5.73 Å². The largest absolute Gasteiger partial charge is 0.372 e. The molecule has 1 aromatic carbocycles. The molecule has 0 aliphatic heterocycles. The fourth-order valence-corrected chi connectivity index (χ4v) is 3.14. The first kappa shape index (κ1) is 18.6. The standard InChI is InChI=1S/C18H17N5O3S/c1-3-22(2)18(26)13(24)8-7-11-5-4-6-12(9-11)23-17-15(27-10-20-17)14(21-23)16(19)25/h4-6,9-10,13,24H,3H2,1-2H3,(H2,19,25). The summed E-state index contributed by atoms with van der Waals surface area (Å²) < 4.78 is 2.13. The Labute approximate surface area is 159 Å². The van der Waals surface area contributed by atoms with Gasteiger partial charge in [0.25, 0.3) is 11.8 Å². The molecule has 2 heterocycles. The molecule has 9 heteroatoms. The van der Waals surface area contributed by atoms with E-state index in [-0.39, 0.29) is 5.69 Å². The monoisotopic (exact) mass is 383 g/mol. The Kier molecular flexibility index (Phi) is 5.21. The normalized spacial score (nSPS) is 11.7. The lowest BCUT2D eigenvalue weighted by Crippen LogP contribution is -2.35. The molecule has 3 N–H and O–H groups in total. The molecule has 0 fully saturated rings. The highest BCUT2D eigenvalue weighted by atomic mass is 32.1. The molecule has 8 nitrogen and oxygen atoms in total. The lowest BCUT2D eigenvalue weighted by atomic mass is 10.2. The zero-order valence-corrected chi connectivity index (χ0v) is 15.5. The van der Waals surface area contributed by atoms with Crippen LogP contribution in [-0.4, -0.2) is 56.3 Å². The van der Waals surface area contributed by atoms with Crippen LogP contribution in [0.1, 0.15) is 23.0 Å². The SMILES string of the molecule is CCN(C)C(=O)C(O)C#Cc1cccc(-n2nc(C(N)=O)c3scnc32)c1. The van der Waals surface area contributed by atoms with Crippen molar-refractivity contribution in [1.29, 1.82) is 0 Å². The molecule has 3 rings (SSSR count). The van der Waals surface area contributed by atoms with Crippen LogP contribution in [0.25, 0.3) is 16.0 Å². The lowest BCUT2D eigenvalue weighted by Gasteiger charge is -2.15. The average Bonchev–Trinajstić information content (AvgIpc) is 3.27. The van der Waals surface area contributed by atoms with Gasteiger partial charge in [-0.05, 0) is 25.1 Å². The van der Waals surface area contributed by atoms with Crippen molar-refractivity contribution in [2.75, 3.05) is 13.6 Å². The zero-order chi connectivity index (χ0) is 19.6. The third-order valence-corrected chi connectivity index (χ3v) is 4.75. The van der Waals surface area contributed by atoms with Gasteiger partial charge in [0.05, 0.1) is 11.2 Å². The van der Waals surface area contributed by atoms with Gasteiger partial charge in [-0.25, -0.2) is 9.67 Å². The molecule has 2 amide bonds. The molecular formula is C18H17N5O3S. The summed E-state index contributed by atoms with van der Waals surface area (Å²) >= 11 is 1.29. The van der Waals surface area contributed by atoms with Crippen molar-refractivity contribution in [3.05, 3.63) is 41.0 Å². The highest BCUT2D eigenvalue weighted by Gasteiger charge is 2.18. The number of hydrogen-bond acceptors (Lipinski definition) is 6. The summed E-state index contributed by atoms with van der Waals surface area (Å²) in [7, 11) is 1.60. The van der Waals surface area contributed by atoms with Crippen LogP contribution in [0, 0.1) is 11.8 Å². The van der Waals surface area contributed by atoms with Crippen LogP contribution in [0.2, 0.25) is 0 Å². The van der Waals surface area contributed by atoms with Crippen LogP contribution in [-0.2, 0) is 4.79 Å². The number of aliphatic hydroxyl groups is 1. The van der Waals surface area contributed by atoms with Crippen molar-refractivity contribution in [3.8, 4) is 17.5 Å². The number of fused-ring (bicyclic) bond motifs is 1. The first-order valence-electron chi connectivity index (χ1n) is 8.09. The maximum Gasteiger partial charge on any atom is 0.270 e. The van der Waals surface area contributed by atoms with Crippen molar-refractivity contribution >= 4 is 33.5 Å². The zero-order valence-electron chi connectivity index (χ0n) is 14.7. The second-order valence-corrected chi connectivity index (χ2v) is 6.56. The van der Waals surface area contributed by atoms with Gasteiger partial charge in [-0.1, -0.05) is 17.9 Å². The van der Waals surface area contributed by atoms with E-state index in [0.717, 1.165) is 0 Å². The van der Waals surface area contributed by atoms with Crippen LogP contribution >= 0.6 is 11.3 Å². The summed E-state index contributed by atoms with van der Waals surface area (Å²) in [5.41, 5.74) is 8.90. The topological polar surface area (TPSA) is 114 Å². The number of carbonyl (C=O) groups excluding carboxylic acids is 2. The molecule has 0 saturated heterocycles. The van der Waals surface area contributed by atoms with E-state index < -0.39 is 17.9 Å². The fraction of sp³-hybridized carbons (Fsp3) is 0.222. The number of thiazole rings is 1. The smallest absolute Gasteiger partial charge is 0.270 e. The molecule has 1 unspecified atom stereocenters. The molecule has 27 heavy (non-hydrogen) atoms. The van der Waals surface area contributed by atoms with Crippen molar-refractivity contribution < 1.29 is 14.7 Å². The predicted molar refractivity (Wildman–Crippen MR) is 101 cm³/mol. The molecule has 2 aromatic heterocycles. The number of carbonyl (C=O) groups is 2. The molecule has 0 saturated carbocycles. The van der Waals surface area contributed by atoms with Gasteiger partial charge in [0, 0.05) is 19.2 Å². The number of aromatic nitrogens is 3. The minimum Gasteiger partial charge on any atom is -0.372 e. The quantitative estimate of drug-likeness (QED) is 0.646. The van der Waals surface area contributed by atoms with Crippen LogP contribution in [0.3, 0.4) is 0 Å². The molecule has 0 radical (unpaired) electrons. The minimum atomic E-state index is -1.39. The number of rotatable bonds is 4. The third kappa shape index (κ3) is 3.67. The van der Waals surface area contributed by atoms with Crippen molar-refractivity contribution in [1.82, 2.24) is 19.7 Å². The predicted octanol–water partition coefficient (Wildman–Crippen LogP) is 0.772. The summed E-state index contributed by atoms with van der Waals surface area (Å²) in [6.45, 7) is 2.29. The number of benzene rings is 1. The first-order valence-corrected chi connectivity index (χ1v) is 8.97. The molecule has 0 aliphatic rings. The van der Waals surface area contributed by atoms with Gasteiger partial charge in [-0.3, -0.25) is 9.59 Å². The Morgan fingerprint density at radius 1 is 1.44 bits per heavy atom. The molecule has 1 atom stereocenters. The highest BCUT2D eigenvalue weighted by molar-refractivity contribution is 7.17. The van der Waals surface area contributed by atoms with E-state index in [1.807, 2.05) is 6.92 Å². The Balaban J connectivity index is 1.94. The minimum absolute atomic E-state index is 0.160. The summed E-state index contributed by atoms with van der Waals surface area (Å²) in [5, 5.41) is 14.2. The number of primary amides is 1. The van der Waals surface area contributed by atoms with Crippen LogP contribution in [0.5, 0.6) is 0 Å². The van der Waals surface area contributed by atoms with Crippen LogP contribution in [0.4, 0.5) is 0 Å². The van der Waals surface area contributed by atoms with E-state index in [0.29, 0.717) is 28.1 Å². The molecule has 0 bridgehead atoms. The summed E-state index contributed by atoms with van der Waals surface area (Å²) in [6.07, 6.45) is -1.39. The van der Waals surface area contributed by atoms with Gasteiger partial charge in [-0.15, -0.1) is 11.3 Å². The molecule has 0 spiro atoms. The Hall–Kier alpha value is -3.22. The maximum absolute atomic E-state index is 11.9. The van der Waals surface area contributed by atoms with Gasteiger partial charge >= 0.3 is 0 Å². The van der Waals surface area contributed by atoms with Gasteiger partial charge in [0.2, 0.25) is 0 Å². The van der Waals surface area contributed by atoms with E-state index in [1.54, 1.807) is 36.8 Å². The molecule has 138 valence electrons. The molecule has 0 aliphatic carbocycles.